The molecule has 3 amide bonds. The van der Waals surface area contributed by atoms with Crippen LogP contribution in [0.2, 0.25) is 0 Å². The van der Waals surface area contributed by atoms with Crippen LogP contribution < -0.4 is 16.2 Å². The number of halogens is 1. The molecule has 0 fully saturated rings. The predicted molar refractivity (Wildman–Crippen MR) is 98.4 cm³/mol. The lowest BCUT2D eigenvalue weighted by atomic mass is 10.2. The number of nitro benzene ring substituents is 1. The number of non-ortho nitro benzene ring substituents is 1. The minimum atomic E-state index is -0.934. The Morgan fingerprint density at radius 1 is 0.967 bits per heavy atom. The van der Waals surface area contributed by atoms with Crippen LogP contribution >= 0.6 is 0 Å². The summed E-state index contributed by atoms with van der Waals surface area (Å²) in [5.74, 6) is -3.86. The molecular formula is C18H15FN4O7. The first kappa shape index (κ1) is 21.9. The van der Waals surface area contributed by atoms with E-state index >= 15 is 0 Å². The lowest BCUT2D eigenvalue weighted by molar-refractivity contribution is -0.384. The average molecular weight is 418 g/mol. The van der Waals surface area contributed by atoms with Crippen molar-refractivity contribution in [2.24, 2.45) is 0 Å². The Kier molecular flexibility index (Phi) is 7.51. The summed E-state index contributed by atoms with van der Waals surface area (Å²) in [5, 5.41) is 12.8. The van der Waals surface area contributed by atoms with Gasteiger partial charge in [0.2, 0.25) is 0 Å². The molecule has 0 heterocycles. The standard InChI is InChI=1S/C18H15FN4O7/c19-13-3-1-2-12(8-13)17(26)20-9-16(25)30-10-15(24)21-22-18(27)11-4-6-14(7-5-11)23(28)29/h1-8H,9-10H2,(H,20,26)(H,21,24)(H,22,27). The predicted octanol–water partition coefficient (Wildman–Crippen LogP) is 0.468. The molecule has 0 aromatic heterocycles. The molecule has 2 rings (SSSR count). The summed E-state index contributed by atoms with van der Waals surface area (Å²) in [7, 11) is 0. The largest absolute Gasteiger partial charge is 0.454 e. The van der Waals surface area contributed by atoms with Crippen LogP contribution in [0.15, 0.2) is 48.5 Å². The third kappa shape index (κ3) is 6.67. The molecule has 11 nitrogen and oxygen atoms in total. The Morgan fingerprint density at radius 2 is 1.67 bits per heavy atom. The maximum absolute atomic E-state index is 13.1. The molecule has 0 saturated heterocycles. The first-order valence-electron chi connectivity index (χ1n) is 8.29. The van der Waals surface area contributed by atoms with Crippen molar-refractivity contribution >= 4 is 29.4 Å². The van der Waals surface area contributed by atoms with E-state index in [2.05, 4.69) is 10.1 Å². The van der Waals surface area contributed by atoms with Gasteiger partial charge in [-0.05, 0) is 30.3 Å². The lowest BCUT2D eigenvalue weighted by Crippen LogP contribution is -2.44. The summed E-state index contributed by atoms with van der Waals surface area (Å²) in [6, 6.07) is 9.46. The number of nitrogens with zero attached hydrogens (tertiary/aromatic N) is 1. The Bertz CT molecular complexity index is 979. The highest BCUT2D eigenvalue weighted by Crippen LogP contribution is 2.11. The van der Waals surface area contributed by atoms with E-state index in [0.717, 1.165) is 24.3 Å². The number of carbonyl (C=O) groups is 4. The molecule has 2 aromatic carbocycles. The van der Waals surface area contributed by atoms with Gasteiger partial charge < -0.3 is 10.1 Å². The number of hydrogen-bond donors (Lipinski definition) is 3. The van der Waals surface area contributed by atoms with Crippen LogP contribution in [0.25, 0.3) is 0 Å². The van der Waals surface area contributed by atoms with E-state index < -0.39 is 47.6 Å². The Morgan fingerprint density at radius 3 is 2.30 bits per heavy atom. The van der Waals surface area contributed by atoms with Crippen molar-refractivity contribution in [3.63, 3.8) is 0 Å². The minimum Gasteiger partial charge on any atom is -0.454 e. The molecule has 0 radical (unpaired) electrons. The highest BCUT2D eigenvalue weighted by molar-refractivity contribution is 5.96. The summed E-state index contributed by atoms with van der Waals surface area (Å²) in [6.07, 6.45) is 0. The van der Waals surface area contributed by atoms with Crippen LogP contribution in [-0.2, 0) is 14.3 Å². The second-order valence-electron chi connectivity index (χ2n) is 5.66. The van der Waals surface area contributed by atoms with E-state index in [1.807, 2.05) is 10.9 Å². The van der Waals surface area contributed by atoms with Crippen LogP contribution in [0.1, 0.15) is 20.7 Å². The number of hydrazine groups is 1. The number of amides is 3. The van der Waals surface area contributed by atoms with Crippen molar-refractivity contribution < 1.29 is 33.2 Å². The third-order valence-electron chi connectivity index (χ3n) is 3.50. The molecule has 2 aromatic rings. The number of ether oxygens (including phenoxy) is 1. The number of nitrogens with one attached hydrogen (secondary N) is 3. The molecular weight excluding hydrogens is 403 g/mol. The molecule has 30 heavy (non-hydrogen) atoms. The molecule has 12 heteroatoms. The third-order valence-corrected chi connectivity index (χ3v) is 3.50. The smallest absolute Gasteiger partial charge is 0.325 e. The van der Waals surface area contributed by atoms with Gasteiger partial charge in [0.05, 0.1) is 4.92 Å². The molecule has 0 atom stereocenters. The van der Waals surface area contributed by atoms with Gasteiger partial charge in [-0.25, -0.2) is 4.39 Å². The number of benzene rings is 2. The monoisotopic (exact) mass is 418 g/mol. The molecule has 0 saturated carbocycles. The maximum atomic E-state index is 13.1. The van der Waals surface area contributed by atoms with E-state index in [1.165, 1.54) is 24.3 Å². The Labute approximate surface area is 168 Å². The Balaban J connectivity index is 1.69. The average Bonchev–Trinajstić information content (AvgIpc) is 2.74. The van der Waals surface area contributed by atoms with Crippen LogP contribution in [-0.4, -0.2) is 41.8 Å². The summed E-state index contributed by atoms with van der Waals surface area (Å²) in [4.78, 5) is 56.7. The van der Waals surface area contributed by atoms with Gasteiger partial charge in [0, 0.05) is 23.3 Å². The van der Waals surface area contributed by atoms with Crippen LogP contribution in [0, 0.1) is 15.9 Å². The van der Waals surface area contributed by atoms with Gasteiger partial charge in [0.15, 0.2) is 6.61 Å². The highest BCUT2D eigenvalue weighted by atomic mass is 19.1. The van der Waals surface area contributed by atoms with Crippen LogP contribution in [0.5, 0.6) is 0 Å². The molecule has 0 spiro atoms. The summed E-state index contributed by atoms with van der Waals surface area (Å²) < 4.78 is 17.7. The van der Waals surface area contributed by atoms with Crippen molar-refractivity contribution in [1.29, 1.82) is 0 Å². The van der Waals surface area contributed by atoms with E-state index in [-0.39, 0.29) is 16.8 Å². The molecule has 156 valence electrons. The first-order valence-corrected chi connectivity index (χ1v) is 8.29. The second kappa shape index (κ2) is 10.3. The zero-order valence-electron chi connectivity index (χ0n) is 15.2. The fraction of sp³-hybridized carbons (Fsp3) is 0.111. The first-order chi connectivity index (χ1) is 14.3. The van der Waals surface area contributed by atoms with Gasteiger partial charge in [-0.15, -0.1) is 0 Å². The van der Waals surface area contributed by atoms with Crippen molar-refractivity contribution in [3.8, 4) is 0 Å². The zero-order valence-corrected chi connectivity index (χ0v) is 15.2. The van der Waals surface area contributed by atoms with Crippen molar-refractivity contribution in [2.45, 2.75) is 0 Å². The van der Waals surface area contributed by atoms with Crippen molar-refractivity contribution in [1.82, 2.24) is 16.2 Å². The number of carbonyl (C=O) groups excluding carboxylic acids is 4. The van der Waals surface area contributed by atoms with Crippen LogP contribution in [0.4, 0.5) is 10.1 Å². The van der Waals surface area contributed by atoms with Gasteiger partial charge in [-0.3, -0.25) is 40.1 Å². The number of hydrogen-bond acceptors (Lipinski definition) is 7. The highest BCUT2D eigenvalue weighted by Gasteiger charge is 2.13. The quantitative estimate of drug-likeness (QED) is 0.335. The van der Waals surface area contributed by atoms with Crippen LogP contribution in [0.3, 0.4) is 0 Å². The number of rotatable bonds is 7. The van der Waals surface area contributed by atoms with E-state index in [4.69, 9.17) is 0 Å². The number of esters is 1. The molecule has 0 aliphatic carbocycles. The van der Waals surface area contributed by atoms with E-state index in [0.29, 0.717) is 0 Å². The van der Waals surface area contributed by atoms with Gasteiger partial charge in [0.1, 0.15) is 12.4 Å². The zero-order chi connectivity index (χ0) is 22.1. The summed E-state index contributed by atoms with van der Waals surface area (Å²) in [5.41, 5.74) is 3.90. The molecule has 0 aliphatic heterocycles. The topological polar surface area (TPSA) is 157 Å². The summed E-state index contributed by atoms with van der Waals surface area (Å²) in [6.45, 7) is -1.30. The minimum absolute atomic E-state index is 0.00880. The molecule has 0 aliphatic rings. The van der Waals surface area contributed by atoms with Gasteiger partial charge in [0.25, 0.3) is 23.4 Å². The lowest BCUT2D eigenvalue weighted by Gasteiger charge is -2.09. The van der Waals surface area contributed by atoms with Gasteiger partial charge >= 0.3 is 5.97 Å². The van der Waals surface area contributed by atoms with Crippen molar-refractivity contribution in [2.75, 3.05) is 13.2 Å². The molecule has 3 N–H and O–H groups in total. The Hall–Kier alpha value is -4.35. The van der Waals surface area contributed by atoms with Gasteiger partial charge in [-0.1, -0.05) is 6.07 Å². The summed E-state index contributed by atoms with van der Waals surface area (Å²) >= 11 is 0. The molecule has 0 bridgehead atoms. The fourth-order valence-electron chi connectivity index (χ4n) is 2.05. The molecule has 0 unspecified atom stereocenters. The van der Waals surface area contributed by atoms with E-state index in [9.17, 15) is 33.7 Å². The fourth-order valence-corrected chi connectivity index (χ4v) is 2.05. The van der Waals surface area contributed by atoms with Gasteiger partial charge in [-0.2, -0.15) is 0 Å². The normalized spacial score (nSPS) is 9.90. The van der Waals surface area contributed by atoms with Crippen molar-refractivity contribution in [3.05, 3.63) is 75.6 Å². The SMILES string of the molecule is O=C(COC(=O)CNC(=O)c1cccc(F)c1)NNC(=O)c1ccc([N+](=O)[O-])cc1. The maximum Gasteiger partial charge on any atom is 0.325 e. The second-order valence-corrected chi connectivity index (χ2v) is 5.66. The number of nitro groups is 1. The van der Waals surface area contributed by atoms with E-state index in [1.54, 1.807) is 0 Å².